The third kappa shape index (κ3) is 2.21. The zero-order chi connectivity index (χ0) is 10.7. The molecule has 0 unspecified atom stereocenters. The Morgan fingerprint density at radius 2 is 2.27 bits per heavy atom. The zero-order valence-electron chi connectivity index (χ0n) is 8.63. The lowest BCUT2D eigenvalue weighted by Crippen LogP contribution is -1.95. The predicted octanol–water partition coefficient (Wildman–Crippen LogP) is 3.22. The van der Waals surface area contributed by atoms with Crippen molar-refractivity contribution in [2.45, 2.75) is 19.8 Å². The highest BCUT2D eigenvalue weighted by Crippen LogP contribution is 2.22. The molecule has 0 atom stereocenters. The number of hydrogen-bond acceptors (Lipinski definition) is 1. The second-order valence-corrected chi connectivity index (χ2v) is 3.89. The van der Waals surface area contributed by atoms with Gasteiger partial charge in [0.2, 0.25) is 0 Å². The number of nitrogens with zero attached hydrogens (tertiary/aromatic N) is 1. The molecule has 0 saturated heterocycles. The largest absolute Gasteiger partial charge is 0.348 e. The molecule has 1 aromatic carbocycles. The van der Waals surface area contributed by atoms with E-state index in [4.69, 9.17) is 11.6 Å². The molecule has 1 heterocycles. The minimum Gasteiger partial charge on any atom is -0.348 e. The highest BCUT2D eigenvalue weighted by molar-refractivity contribution is 6.31. The van der Waals surface area contributed by atoms with Crippen LogP contribution >= 0.6 is 11.6 Å². The van der Waals surface area contributed by atoms with E-state index in [2.05, 4.69) is 23.0 Å². The molecule has 3 heteroatoms. The van der Waals surface area contributed by atoms with E-state index in [0.717, 1.165) is 23.6 Å². The van der Waals surface area contributed by atoms with Crippen LogP contribution in [0.5, 0.6) is 0 Å². The molecule has 78 valence electrons. The van der Waals surface area contributed by atoms with Crippen LogP contribution in [0.2, 0.25) is 5.02 Å². The summed E-state index contributed by atoms with van der Waals surface area (Å²) in [6.45, 7) is 2.14. The lowest BCUT2D eigenvalue weighted by molar-refractivity contribution is 1.03. The first-order valence-corrected chi connectivity index (χ1v) is 5.42. The molecule has 0 bridgehead atoms. The number of aromatic nitrogens is 2. The first kappa shape index (κ1) is 10.2. The Bertz CT molecular complexity index is 435. The van der Waals surface area contributed by atoms with Gasteiger partial charge >= 0.3 is 0 Å². The second-order valence-electron chi connectivity index (χ2n) is 3.48. The summed E-state index contributed by atoms with van der Waals surface area (Å²) in [5.74, 6) is 0. The van der Waals surface area contributed by atoms with Crippen LogP contribution < -0.4 is 0 Å². The van der Waals surface area contributed by atoms with Crippen LogP contribution in [0.4, 0.5) is 0 Å². The van der Waals surface area contributed by atoms with E-state index >= 15 is 0 Å². The summed E-state index contributed by atoms with van der Waals surface area (Å²) in [4.78, 5) is 7.10. The van der Waals surface area contributed by atoms with Gasteiger partial charge in [-0.2, -0.15) is 0 Å². The smallest absolute Gasteiger partial charge is 0.0921 e. The summed E-state index contributed by atoms with van der Waals surface area (Å²) in [5, 5.41) is 0.837. The van der Waals surface area contributed by atoms with Gasteiger partial charge in [-0.25, -0.2) is 4.98 Å². The summed E-state index contributed by atoms with van der Waals surface area (Å²) < 4.78 is 0. The normalized spacial score (nSPS) is 10.5. The molecule has 0 radical (unpaired) electrons. The second kappa shape index (κ2) is 4.49. The van der Waals surface area contributed by atoms with Gasteiger partial charge in [-0.3, -0.25) is 0 Å². The molecular formula is C12H13ClN2. The number of hydrogen-bond donors (Lipinski definition) is 1. The summed E-state index contributed by atoms with van der Waals surface area (Å²) in [7, 11) is 0. The van der Waals surface area contributed by atoms with Gasteiger partial charge in [-0.15, -0.1) is 0 Å². The Morgan fingerprint density at radius 3 is 2.93 bits per heavy atom. The first-order chi connectivity index (χ1) is 7.31. The predicted molar refractivity (Wildman–Crippen MR) is 62.2 cm³/mol. The number of aryl methyl sites for hydroxylation is 1. The average molecular weight is 221 g/mol. The average Bonchev–Trinajstić information content (AvgIpc) is 2.74. The molecule has 0 fully saturated rings. The summed E-state index contributed by atoms with van der Waals surface area (Å²) in [5.41, 5.74) is 3.60. The fourth-order valence-electron chi connectivity index (χ4n) is 1.70. The Balaban J connectivity index is 2.34. The van der Waals surface area contributed by atoms with Gasteiger partial charge < -0.3 is 4.98 Å². The lowest BCUT2D eigenvalue weighted by Gasteiger charge is -2.08. The molecule has 0 spiro atoms. The maximum atomic E-state index is 6.19. The summed E-state index contributed by atoms with van der Waals surface area (Å²) in [6, 6.07) is 6.06. The molecule has 1 aromatic heterocycles. The van der Waals surface area contributed by atoms with E-state index in [0.29, 0.717) is 0 Å². The van der Waals surface area contributed by atoms with Crippen LogP contribution in [0.25, 0.3) is 0 Å². The van der Waals surface area contributed by atoms with E-state index in [1.54, 1.807) is 6.33 Å². The number of halogens is 1. The molecule has 0 aliphatic carbocycles. The van der Waals surface area contributed by atoms with Gasteiger partial charge in [0.25, 0.3) is 0 Å². The Morgan fingerprint density at radius 1 is 1.40 bits per heavy atom. The van der Waals surface area contributed by atoms with Crippen molar-refractivity contribution in [2.75, 3.05) is 0 Å². The van der Waals surface area contributed by atoms with E-state index < -0.39 is 0 Å². The fourth-order valence-corrected chi connectivity index (χ4v) is 1.97. The number of aromatic amines is 1. The topological polar surface area (TPSA) is 28.7 Å². The highest BCUT2D eigenvalue weighted by Gasteiger charge is 2.06. The van der Waals surface area contributed by atoms with Crippen molar-refractivity contribution in [3.05, 3.63) is 52.6 Å². The maximum absolute atomic E-state index is 6.19. The van der Waals surface area contributed by atoms with Gasteiger partial charge in [0.15, 0.2) is 0 Å². The minimum absolute atomic E-state index is 0.822. The van der Waals surface area contributed by atoms with E-state index in [1.165, 1.54) is 11.1 Å². The van der Waals surface area contributed by atoms with Crippen molar-refractivity contribution < 1.29 is 0 Å². The molecule has 0 saturated carbocycles. The van der Waals surface area contributed by atoms with Gasteiger partial charge in [0, 0.05) is 23.3 Å². The fraction of sp³-hybridized carbons (Fsp3) is 0.250. The number of imidazole rings is 1. The third-order valence-corrected chi connectivity index (χ3v) is 2.87. The van der Waals surface area contributed by atoms with E-state index in [1.807, 2.05) is 18.3 Å². The lowest BCUT2D eigenvalue weighted by atomic mass is 10.0. The van der Waals surface area contributed by atoms with Crippen LogP contribution in [-0.2, 0) is 12.8 Å². The van der Waals surface area contributed by atoms with Crippen molar-refractivity contribution in [1.82, 2.24) is 9.97 Å². The third-order valence-electron chi connectivity index (χ3n) is 2.52. The molecule has 0 aliphatic rings. The van der Waals surface area contributed by atoms with E-state index in [-0.39, 0.29) is 0 Å². The van der Waals surface area contributed by atoms with Crippen LogP contribution in [0.15, 0.2) is 30.7 Å². The molecule has 2 nitrogen and oxygen atoms in total. The summed E-state index contributed by atoms with van der Waals surface area (Å²) in [6.07, 6.45) is 5.35. The van der Waals surface area contributed by atoms with Crippen LogP contribution in [0.3, 0.4) is 0 Å². The molecule has 1 N–H and O–H groups in total. The van der Waals surface area contributed by atoms with Gasteiger partial charge in [0.05, 0.1) is 6.33 Å². The Labute approximate surface area is 94.3 Å². The first-order valence-electron chi connectivity index (χ1n) is 5.04. The van der Waals surface area contributed by atoms with Crippen molar-refractivity contribution in [1.29, 1.82) is 0 Å². The van der Waals surface area contributed by atoms with Crippen LogP contribution in [-0.4, -0.2) is 9.97 Å². The van der Waals surface area contributed by atoms with Crippen molar-refractivity contribution in [3.8, 4) is 0 Å². The molecule has 2 aromatic rings. The molecule has 2 rings (SSSR count). The van der Waals surface area contributed by atoms with Crippen LogP contribution in [0.1, 0.15) is 23.7 Å². The Kier molecular flexibility index (Phi) is 3.07. The Hall–Kier alpha value is -1.28. The van der Waals surface area contributed by atoms with Crippen molar-refractivity contribution >= 4 is 11.6 Å². The number of rotatable bonds is 3. The standard InChI is InChI=1S/C12H13ClN2/c1-2-9-4-3-5-12(13)11(9)6-10-7-14-8-15-10/h3-5,7-8H,2,6H2,1H3,(H,14,15). The van der Waals surface area contributed by atoms with Gasteiger partial charge in [0.1, 0.15) is 0 Å². The van der Waals surface area contributed by atoms with Gasteiger partial charge in [-0.05, 0) is 23.6 Å². The van der Waals surface area contributed by atoms with Crippen LogP contribution in [0, 0.1) is 0 Å². The SMILES string of the molecule is CCc1cccc(Cl)c1Cc1cnc[nH]1. The maximum Gasteiger partial charge on any atom is 0.0921 e. The minimum atomic E-state index is 0.822. The van der Waals surface area contributed by atoms with Gasteiger partial charge in [-0.1, -0.05) is 30.7 Å². The quantitative estimate of drug-likeness (QED) is 0.846. The monoisotopic (exact) mass is 220 g/mol. The molecular weight excluding hydrogens is 208 g/mol. The highest BCUT2D eigenvalue weighted by atomic mass is 35.5. The summed E-state index contributed by atoms with van der Waals surface area (Å²) >= 11 is 6.19. The van der Waals surface area contributed by atoms with Crippen molar-refractivity contribution in [2.24, 2.45) is 0 Å². The molecule has 0 aliphatic heterocycles. The molecule has 15 heavy (non-hydrogen) atoms. The molecule has 0 amide bonds. The number of benzene rings is 1. The number of nitrogens with one attached hydrogen (secondary N) is 1. The number of H-pyrrole nitrogens is 1. The van der Waals surface area contributed by atoms with E-state index in [9.17, 15) is 0 Å². The van der Waals surface area contributed by atoms with Crippen molar-refractivity contribution in [3.63, 3.8) is 0 Å². The zero-order valence-corrected chi connectivity index (χ0v) is 9.38.